The highest BCUT2D eigenvalue weighted by Crippen LogP contribution is 2.38. The molecule has 0 bridgehead atoms. The van der Waals surface area contributed by atoms with E-state index in [-0.39, 0.29) is 36.1 Å². The van der Waals surface area contributed by atoms with Crippen LogP contribution in [0, 0.1) is 10.1 Å². The lowest BCUT2D eigenvalue weighted by molar-refractivity contribution is -0.385. The maximum absolute atomic E-state index is 12.5. The second-order valence-corrected chi connectivity index (χ2v) is 5.69. The summed E-state index contributed by atoms with van der Waals surface area (Å²) >= 11 is 0. The van der Waals surface area contributed by atoms with Gasteiger partial charge in [-0.3, -0.25) is 10.1 Å². The number of benzene rings is 3. The maximum atomic E-state index is 12.5. The van der Waals surface area contributed by atoms with Crippen molar-refractivity contribution in [3.63, 3.8) is 0 Å². The number of rotatable bonds is 4. The molecule has 130 valence electrons. The van der Waals surface area contributed by atoms with E-state index in [9.17, 15) is 14.9 Å². The van der Waals surface area contributed by atoms with Gasteiger partial charge >= 0.3 is 5.97 Å². The molecule has 7 heteroatoms. The number of nitrogens with zero attached hydrogens (tertiary/aromatic N) is 1. The first-order chi connectivity index (χ1) is 12.6. The third-order valence-electron chi connectivity index (χ3n) is 4.15. The molecular formula is C19H13NO6. The molecule has 26 heavy (non-hydrogen) atoms. The van der Waals surface area contributed by atoms with Crippen molar-refractivity contribution < 1.29 is 23.9 Å². The van der Waals surface area contributed by atoms with E-state index in [0.29, 0.717) is 0 Å². The lowest BCUT2D eigenvalue weighted by atomic mass is 10.1. The van der Waals surface area contributed by atoms with Crippen LogP contribution < -0.4 is 9.47 Å². The average Bonchev–Trinajstić information content (AvgIpc) is 3.12. The third-order valence-corrected chi connectivity index (χ3v) is 4.15. The van der Waals surface area contributed by atoms with Gasteiger partial charge in [-0.05, 0) is 16.3 Å². The van der Waals surface area contributed by atoms with Gasteiger partial charge in [0.05, 0.1) is 11.0 Å². The van der Waals surface area contributed by atoms with Gasteiger partial charge in [0.15, 0.2) is 11.5 Å². The summed E-state index contributed by atoms with van der Waals surface area (Å²) in [7, 11) is 0. The normalized spacial score (nSPS) is 12.2. The molecule has 0 atom stereocenters. The molecule has 0 fully saturated rings. The molecule has 3 aromatic rings. The van der Waals surface area contributed by atoms with Crippen molar-refractivity contribution in [2.75, 3.05) is 6.79 Å². The van der Waals surface area contributed by atoms with E-state index in [1.165, 1.54) is 12.1 Å². The van der Waals surface area contributed by atoms with Gasteiger partial charge in [0.1, 0.15) is 12.2 Å². The molecule has 3 aromatic carbocycles. The summed E-state index contributed by atoms with van der Waals surface area (Å²) < 4.78 is 15.6. The maximum Gasteiger partial charge on any atom is 0.345 e. The number of fused-ring (bicyclic) bond motifs is 2. The molecule has 0 aromatic heterocycles. The second kappa shape index (κ2) is 6.36. The van der Waals surface area contributed by atoms with E-state index in [4.69, 9.17) is 14.2 Å². The smallest absolute Gasteiger partial charge is 0.345 e. The van der Waals surface area contributed by atoms with Crippen molar-refractivity contribution in [3.8, 4) is 11.5 Å². The molecule has 0 spiro atoms. The van der Waals surface area contributed by atoms with Gasteiger partial charge in [0.2, 0.25) is 6.79 Å². The Kier molecular flexibility index (Phi) is 3.89. The van der Waals surface area contributed by atoms with E-state index in [0.717, 1.165) is 16.3 Å². The molecule has 0 amide bonds. The third kappa shape index (κ3) is 2.79. The highest BCUT2D eigenvalue weighted by molar-refractivity contribution is 5.95. The number of esters is 1. The molecule has 0 N–H and O–H groups in total. The topological polar surface area (TPSA) is 87.9 Å². The van der Waals surface area contributed by atoms with Gasteiger partial charge in [-0.15, -0.1) is 0 Å². The monoisotopic (exact) mass is 351 g/mol. The standard InChI is InChI=1S/C19H13NO6/c21-19(15-8-17-18(26-11-25-17)9-16(15)20(22)23)24-10-13-6-3-5-12-4-1-2-7-14(12)13/h1-9H,10-11H2. The van der Waals surface area contributed by atoms with E-state index in [2.05, 4.69) is 0 Å². The number of nitro benzene ring substituents is 1. The van der Waals surface area contributed by atoms with Crippen LogP contribution in [0.5, 0.6) is 11.5 Å². The Hall–Kier alpha value is -3.61. The molecule has 4 rings (SSSR count). The number of hydrogen-bond acceptors (Lipinski definition) is 6. The fourth-order valence-electron chi connectivity index (χ4n) is 2.89. The lowest BCUT2D eigenvalue weighted by Crippen LogP contribution is -2.08. The fourth-order valence-corrected chi connectivity index (χ4v) is 2.89. The lowest BCUT2D eigenvalue weighted by Gasteiger charge is -2.09. The molecule has 0 aliphatic carbocycles. The zero-order valence-electron chi connectivity index (χ0n) is 13.5. The quantitative estimate of drug-likeness (QED) is 0.403. The Morgan fingerprint density at radius 3 is 2.62 bits per heavy atom. The Morgan fingerprint density at radius 2 is 1.81 bits per heavy atom. The first-order valence-corrected chi connectivity index (χ1v) is 7.85. The zero-order chi connectivity index (χ0) is 18.1. The number of carbonyl (C=O) groups is 1. The van der Waals surface area contributed by atoms with Crippen molar-refractivity contribution in [1.82, 2.24) is 0 Å². The van der Waals surface area contributed by atoms with Crippen molar-refractivity contribution >= 4 is 22.4 Å². The van der Waals surface area contributed by atoms with Crippen molar-refractivity contribution in [3.05, 3.63) is 75.8 Å². The largest absolute Gasteiger partial charge is 0.457 e. The van der Waals surface area contributed by atoms with Crippen LogP contribution in [-0.4, -0.2) is 17.7 Å². The van der Waals surface area contributed by atoms with Crippen molar-refractivity contribution in [2.24, 2.45) is 0 Å². The van der Waals surface area contributed by atoms with Gasteiger partial charge in [-0.1, -0.05) is 42.5 Å². The molecule has 1 aliphatic rings. The number of ether oxygens (including phenoxy) is 3. The summed E-state index contributed by atoms with van der Waals surface area (Å²) in [6, 6.07) is 15.9. The number of nitro groups is 1. The molecule has 7 nitrogen and oxygen atoms in total. The van der Waals surface area contributed by atoms with E-state index in [1.807, 2.05) is 42.5 Å². The minimum atomic E-state index is -0.789. The Morgan fingerprint density at radius 1 is 1.08 bits per heavy atom. The summed E-state index contributed by atoms with van der Waals surface area (Å²) in [6.07, 6.45) is 0. The zero-order valence-corrected chi connectivity index (χ0v) is 13.5. The minimum Gasteiger partial charge on any atom is -0.457 e. The molecule has 1 heterocycles. The van der Waals surface area contributed by atoms with Gasteiger partial charge < -0.3 is 14.2 Å². The van der Waals surface area contributed by atoms with Crippen molar-refractivity contribution in [1.29, 1.82) is 0 Å². The molecule has 1 aliphatic heterocycles. The fraction of sp³-hybridized carbons (Fsp3) is 0.105. The summed E-state index contributed by atoms with van der Waals surface area (Å²) in [5.74, 6) is -0.266. The molecule has 0 saturated carbocycles. The molecule has 0 saturated heterocycles. The first kappa shape index (κ1) is 15.9. The van der Waals surface area contributed by atoms with Crippen LogP contribution in [0.3, 0.4) is 0 Å². The summed E-state index contributed by atoms with van der Waals surface area (Å²) in [5, 5.41) is 13.3. The SMILES string of the molecule is O=C(OCc1cccc2ccccc12)c1cc2c(cc1[N+](=O)[O-])OCO2. The van der Waals surface area contributed by atoms with Gasteiger partial charge in [0.25, 0.3) is 5.69 Å². The van der Waals surface area contributed by atoms with E-state index in [1.54, 1.807) is 0 Å². The van der Waals surface area contributed by atoms with Crippen LogP contribution in [0.25, 0.3) is 10.8 Å². The van der Waals surface area contributed by atoms with Gasteiger partial charge in [-0.2, -0.15) is 0 Å². The van der Waals surface area contributed by atoms with Crippen LogP contribution in [0.15, 0.2) is 54.6 Å². The Labute approximate surface area is 147 Å². The highest BCUT2D eigenvalue weighted by atomic mass is 16.7. The minimum absolute atomic E-state index is 0.00574. The van der Waals surface area contributed by atoms with E-state index >= 15 is 0 Å². The highest BCUT2D eigenvalue weighted by Gasteiger charge is 2.28. The van der Waals surface area contributed by atoms with Gasteiger partial charge in [0, 0.05) is 6.07 Å². The number of hydrogen-bond donors (Lipinski definition) is 0. The van der Waals surface area contributed by atoms with Crippen LogP contribution in [0.1, 0.15) is 15.9 Å². The van der Waals surface area contributed by atoms with Crippen LogP contribution in [-0.2, 0) is 11.3 Å². The summed E-state index contributed by atoms with van der Waals surface area (Å²) in [6.45, 7) is -0.0349. The summed E-state index contributed by atoms with van der Waals surface area (Å²) in [5.41, 5.74) is 0.275. The Balaban J connectivity index is 1.61. The van der Waals surface area contributed by atoms with E-state index < -0.39 is 10.9 Å². The first-order valence-electron chi connectivity index (χ1n) is 7.85. The van der Waals surface area contributed by atoms with Gasteiger partial charge in [-0.25, -0.2) is 4.79 Å². The second-order valence-electron chi connectivity index (χ2n) is 5.69. The predicted molar refractivity (Wildman–Crippen MR) is 92.3 cm³/mol. The predicted octanol–water partition coefficient (Wildman–Crippen LogP) is 3.83. The molecule has 0 radical (unpaired) electrons. The van der Waals surface area contributed by atoms with Crippen LogP contribution in [0.2, 0.25) is 0 Å². The van der Waals surface area contributed by atoms with Crippen molar-refractivity contribution in [2.45, 2.75) is 6.61 Å². The van der Waals surface area contributed by atoms with Crippen LogP contribution >= 0.6 is 0 Å². The Bertz CT molecular complexity index is 1020. The average molecular weight is 351 g/mol. The van der Waals surface area contributed by atoms with Crippen LogP contribution in [0.4, 0.5) is 5.69 Å². The molecule has 0 unspecified atom stereocenters. The molecular weight excluding hydrogens is 338 g/mol. The summed E-state index contributed by atoms with van der Waals surface area (Å²) in [4.78, 5) is 23.1. The number of carbonyl (C=O) groups excluding carboxylic acids is 1.